The van der Waals surface area contributed by atoms with E-state index < -0.39 is 28.7 Å². The van der Waals surface area contributed by atoms with Gasteiger partial charge in [0.05, 0.1) is 23.7 Å². The van der Waals surface area contributed by atoms with Gasteiger partial charge in [0.1, 0.15) is 0 Å². The molecule has 3 aromatic carbocycles. The molecule has 2 bridgehead atoms. The van der Waals surface area contributed by atoms with E-state index in [2.05, 4.69) is 26.0 Å². The molecule has 0 radical (unpaired) electrons. The van der Waals surface area contributed by atoms with E-state index in [1.54, 1.807) is 0 Å². The van der Waals surface area contributed by atoms with E-state index in [-0.39, 0.29) is 11.1 Å². The van der Waals surface area contributed by atoms with Gasteiger partial charge in [0.25, 0.3) is 0 Å². The minimum atomic E-state index is -1.08. The monoisotopic (exact) mass is 438 g/mol. The van der Waals surface area contributed by atoms with Crippen molar-refractivity contribution in [3.8, 4) is 0 Å². The molecule has 33 heavy (non-hydrogen) atoms. The molecule has 0 spiro atoms. The van der Waals surface area contributed by atoms with Crippen LogP contribution in [0.3, 0.4) is 0 Å². The third kappa shape index (κ3) is 2.76. The second-order valence-electron chi connectivity index (χ2n) is 9.49. The van der Waals surface area contributed by atoms with Gasteiger partial charge >= 0.3 is 11.9 Å². The molecule has 166 valence electrons. The summed E-state index contributed by atoms with van der Waals surface area (Å²) in [6.07, 6.45) is 0.647. The molecule has 0 amide bonds. The molecule has 0 aromatic heterocycles. The first-order valence-electron chi connectivity index (χ1n) is 11.1. The highest BCUT2D eigenvalue weighted by Crippen LogP contribution is 2.65. The highest BCUT2D eigenvalue weighted by Gasteiger charge is 2.62. The van der Waals surface area contributed by atoms with Crippen LogP contribution in [0.15, 0.2) is 90.0 Å². The maximum Gasteiger partial charge on any atom is 0.335 e. The van der Waals surface area contributed by atoms with E-state index in [0.29, 0.717) is 6.42 Å². The molecular weight excluding hydrogens is 412 g/mol. The van der Waals surface area contributed by atoms with E-state index >= 15 is 0 Å². The zero-order chi connectivity index (χ0) is 23.4. The highest BCUT2D eigenvalue weighted by atomic mass is 16.5. The normalized spacial score (nSPS) is 20.8. The van der Waals surface area contributed by atoms with Crippen molar-refractivity contribution in [2.45, 2.75) is 31.6 Å². The summed E-state index contributed by atoms with van der Waals surface area (Å²) in [4.78, 5) is 26.2. The number of esters is 1. The summed E-state index contributed by atoms with van der Waals surface area (Å²) in [5.74, 6) is -2.18. The fourth-order valence-corrected chi connectivity index (χ4v) is 6.32. The van der Waals surface area contributed by atoms with Crippen molar-refractivity contribution in [3.63, 3.8) is 0 Å². The largest absolute Gasteiger partial charge is 0.478 e. The lowest BCUT2D eigenvalue weighted by Gasteiger charge is -2.57. The highest BCUT2D eigenvalue weighted by molar-refractivity contribution is 6.07. The zero-order valence-electron chi connectivity index (χ0n) is 19.0. The fraction of sp³-hybridized carbons (Fsp3) is 0.241. The Kier molecular flexibility index (Phi) is 4.78. The Hall–Kier alpha value is -3.66. The van der Waals surface area contributed by atoms with Gasteiger partial charge in [0.2, 0.25) is 0 Å². The lowest BCUT2D eigenvalue weighted by Crippen LogP contribution is -2.55. The molecule has 0 fully saturated rings. The SMILES string of the molecule is COC(=O)C1=C(C(=O)O)C2c3ccccc3C1(C(C)(C)Cc1ccccc1)c1ccccc12. The standard InChI is InChI=1S/C29H26O4/c1-28(2,17-18-11-5-4-6-12-18)29-21-15-9-7-13-19(21)23(20-14-8-10-16-22(20)29)24(26(30)31)25(29)27(32)33-3/h4-16,23H,17H2,1-3H3,(H,30,31). The van der Waals surface area contributed by atoms with Crippen LogP contribution < -0.4 is 0 Å². The number of rotatable bonds is 5. The predicted octanol–water partition coefficient (Wildman–Crippen LogP) is 5.25. The molecule has 6 rings (SSSR count). The quantitative estimate of drug-likeness (QED) is 0.553. The summed E-state index contributed by atoms with van der Waals surface area (Å²) in [5.41, 5.74) is 3.83. The van der Waals surface area contributed by atoms with Crippen molar-refractivity contribution >= 4 is 11.9 Å². The Labute approximate surface area is 193 Å². The summed E-state index contributed by atoms with van der Waals surface area (Å²) < 4.78 is 5.26. The Balaban J connectivity index is 1.94. The maximum absolute atomic E-state index is 13.5. The summed E-state index contributed by atoms with van der Waals surface area (Å²) in [6.45, 7) is 4.25. The first kappa shape index (κ1) is 21.2. The van der Waals surface area contributed by atoms with Crippen LogP contribution in [0, 0.1) is 5.41 Å². The summed E-state index contributed by atoms with van der Waals surface area (Å²) in [6, 6.07) is 26.1. The van der Waals surface area contributed by atoms with E-state index in [0.717, 1.165) is 27.8 Å². The van der Waals surface area contributed by atoms with Crippen LogP contribution in [0.4, 0.5) is 0 Å². The molecule has 3 aliphatic carbocycles. The first-order valence-corrected chi connectivity index (χ1v) is 11.1. The number of carbonyl (C=O) groups excluding carboxylic acids is 1. The van der Waals surface area contributed by atoms with Crippen molar-refractivity contribution in [2.75, 3.05) is 7.11 Å². The number of carboxylic acids is 1. The fourth-order valence-electron chi connectivity index (χ4n) is 6.32. The first-order chi connectivity index (χ1) is 15.8. The van der Waals surface area contributed by atoms with Gasteiger partial charge in [-0.15, -0.1) is 0 Å². The number of ether oxygens (including phenoxy) is 1. The number of aliphatic carboxylic acids is 1. The molecule has 0 aliphatic heterocycles. The van der Waals surface area contributed by atoms with Crippen molar-refractivity contribution in [3.05, 3.63) is 118 Å². The molecule has 0 unspecified atom stereocenters. The van der Waals surface area contributed by atoms with Crippen LogP contribution in [-0.2, 0) is 26.2 Å². The van der Waals surface area contributed by atoms with Gasteiger partial charge in [0.15, 0.2) is 0 Å². The van der Waals surface area contributed by atoms with E-state index in [4.69, 9.17) is 4.74 Å². The zero-order valence-corrected chi connectivity index (χ0v) is 19.0. The van der Waals surface area contributed by atoms with Gasteiger partial charge in [-0.25, -0.2) is 9.59 Å². The minimum absolute atomic E-state index is 0.125. The van der Waals surface area contributed by atoms with Crippen molar-refractivity contribution in [2.24, 2.45) is 5.41 Å². The molecule has 3 aliphatic rings. The molecule has 0 heterocycles. The molecule has 0 atom stereocenters. The van der Waals surface area contributed by atoms with Crippen LogP contribution in [0.2, 0.25) is 0 Å². The molecule has 0 saturated carbocycles. The Bertz CT molecular complexity index is 1250. The minimum Gasteiger partial charge on any atom is -0.478 e. The second kappa shape index (κ2) is 7.45. The van der Waals surface area contributed by atoms with Crippen molar-refractivity contribution < 1.29 is 19.4 Å². The molecule has 4 nitrogen and oxygen atoms in total. The van der Waals surface area contributed by atoms with Gasteiger partial charge in [-0.1, -0.05) is 92.7 Å². The maximum atomic E-state index is 13.5. The molecule has 1 N–H and O–H groups in total. The average Bonchev–Trinajstić information content (AvgIpc) is 2.83. The summed E-state index contributed by atoms with van der Waals surface area (Å²) >= 11 is 0. The molecule has 0 saturated heterocycles. The van der Waals surface area contributed by atoms with Gasteiger partial charge in [-0.3, -0.25) is 0 Å². The number of carbonyl (C=O) groups is 2. The van der Waals surface area contributed by atoms with Crippen molar-refractivity contribution in [1.82, 2.24) is 0 Å². The van der Waals surface area contributed by atoms with Crippen LogP contribution in [0.1, 0.15) is 47.6 Å². The summed E-state index contributed by atoms with van der Waals surface area (Å²) in [7, 11) is 1.33. The van der Waals surface area contributed by atoms with Crippen LogP contribution >= 0.6 is 0 Å². The smallest absolute Gasteiger partial charge is 0.335 e. The van der Waals surface area contributed by atoms with Gasteiger partial charge in [-0.05, 0) is 39.7 Å². The third-order valence-electron chi connectivity index (χ3n) is 7.41. The lowest BCUT2D eigenvalue weighted by molar-refractivity contribution is -0.139. The van der Waals surface area contributed by atoms with E-state index in [1.807, 2.05) is 66.7 Å². The Morgan fingerprint density at radius 1 is 0.879 bits per heavy atom. The topological polar surface area (TPSA) is 63.6 Å². The van der Waals surface area contributed by atoms with Gasteiger partial charge < -0.3 is 9.84 Å². The predicted molar refractivity (Wildman–Crippen MR) is 126 cm³/mol. The average molecular weight is 439 g/mol. The third-order valence-corrected chi connectivity index (χ3v) is 7.41. The van der Waals surface area contributed by atoms with E-state index in [1.165, 1.54) is 7.11 Å². The number of methoxy groups -OCH3 is 1. The van der Waals surface area contributed by atoms with E-state index in [9.17, 15) is 14.7 Å². The van der Waals surface area contributed by atoms with Crippen LogP contribution in [-0.4, -0.2) is 24.2 Å². The Morgan fingerprint density at radius 3 is 1.91 bits per heavy atom. The van der Waals surface area contributed by atoms with Gasteiger partial charge in [0, 0.05) is 5.92 Å². The number of carboxylic acid groups (broad SMARTS) is 1. The Morgan fingerprint density at radius 2 is 1.39 bits per heavy atom. The molecule has 3 aromatic rings. The van der Waals surface area contributed by atoms with Crippen molar-refractivity contribution in [1.29, 1.82) is 0 Å². The van der Waals surface area contributed by atoms with Gasteiger partial charge in [-0.2, -0.15) is 0 Å². The number of benzene rings is 3. The number of hydrogen-bond acceptors (Lipinski definition) is 3. The molecular formula is C29H26O4. The molecule has 4 heteroatoms. The lowest BCUT2D eigenvalue weighted by atomic mass is 9.44. The number of hydrogen-bond donors (Lipinski definition) is 1. The van der Waals surface area contributed by atoms with Crippen LogP contribution in [0.5, 0.6) is 0 Å². The second-order valence-corrected chi connectivity index (χ2v) is 9.49. The summed E-state index contributed by atoms with van der Waals surface area (Å²) in [5, 5.41) is 10.4. The van der Waals surface area contributed by atoms with Crippen LogP contribution in [0.25, 0.3) is 0 Å².